The summed E-state index contributed by atoms with van der Waals surface area (Å²) in [5.41, 5.74) is 0. The number of piperidine rings is 1. The van der Waals surface area contributed by atoms with Gasteiger partial charge in [-0.2, -0.15) is 0 Å². The Morgan fingerprint density at radius 1 is 1.09 bits per heavy atom. The van der Waals surface area contributed by atoms with Crippen molar-refractivity contribution in [2.45, 2.75) is 31.7 Å². The molecule has 0 aromatic heterocycles. The van der Waals surface area contributed by atoms with Gasteiger partial charge >= 0.3 is 0 Å². The molecule has 2 heterocycles. The van der Waals surface area contributed by atoms with Gasteiger partial charge in [-0.3, -0.25) is 4.90 Å². The van der Waals surface area contributed by atoms with Gasteiger partial charge in [-0.25, -0.2) is 0 Å². The van der Waals surface area contributed by atoms with E-state index in [-0.39, 0.29) is 0 Å². The van der Waals surface area contributed by atoms with Gasteiger partial charge in [0.05, 0.1) is 20.3 Å². The molecule has 1 aromatic rings. The summed E-state index contributed by atoms with van der Waals surface area (Å²) in [7, 11) is 1.68. The molecule has 3 rings (SSSR count). The molecule has 0 saturated carbocycles. The first kappa shape index (κ1) is 15.6. The summed E-state index contributed by atoms with van der Waals surface area (Å²) in [6.45, 7) is 5.06. The highest BCUT2D eigenvalue weighted by molar-refractivity contribution is 5.31. The normalized spacial score (nSPS) is 24.1. The fourth-order valence-corrected chi connectivity index (χ4v) is 3.38. The third-order valence-electron chi connectivity index (χ3n) is 4.85. The van der Waals surface area contributed by atoms with Crippen LogP contribution in [-0.2, 0) is 4.74 Å². The lowest BCUT2D eigenvalue weighted by molar-refractivity contribution is 0.00185. The summed E-state index contributed by atoms with van der Waals surface area (Å²) < 4.78 is 16.7. The van der Waals surface area contributed by atoms with Crippen LogP contribution in [0.2, 0.25) is 0 Å². The van der Waals surface area contributed by atoms with Crippen molar-refractivity contribution in [2.24, 2.45) is 5.92 Å². The number of rotatable bonds is 5. The molecule has 2 fully saturated rings. The first-order valence-electron chi connectivity index (χ1n) is 8.44. The zero-order valence-corrected chi connectivity index (χ0v) is 13.5. The van der Waals surface area contributed by atoms with Crippen molar-refractivity contribution in [3.8, 4) is 11.5 Å². The number of likely N-dealkylation sites (tertiary alicyclic amines) is 1. The minimum atomic E-state index is 0.650. The van der Waals surface area contributed by atoms with Gasteiger partial charge in [-0.1, -0.05) is 0 Å². The van der Waals surface area contributed by atoms with Gasteiger partial charge in [0.15, 0.2) is 0 Å². The highest BCUT2D eigenvalue weighted by Gasteiger charge is 2.26. The lowest BCUT2D eigenvalue weighted by Crippen LogP contribution is -2.46. The van der Waals surface area contributed by atoms with Crippen molar-refractivity contribution < 1.29 is 14.2 Å². The second kappa shape index (κ2) is 7.84. The quantitative estimate of drug-likeness (QED) is 0.837. The molecule has 2 saturated heterocycles. The van der Waals surface area contributed by atoms with Gasteiger partial charge in [0.2, 0.25) is 0 Å². The SMILES string of the molecule is COc1ccc(OCC2CCN([C@H]3CCCOC3)CC2)cc1. The van der Waals surface area contributed by atoms with Crippen LogP contribution in [0.5, 0.6) is 11.5 Å². The Kier molecular flexibility index (Phi) is 5.57. The Morgan fingerprint density at radius 3 is 2.45 bits per heavy atom. The Bertz CT molecular complexity index is 434. The summed E-state index contributed by atoms with van der Waals surface area (Å²) in [6, 6.07) is 8.50. The highest BCUT2D eigenvalue weighted by atomic mass is 16.5. The third-order valence-corrected chi connectivity index (χ3v) is 4.85. The zero-order valence-electron chi connectivity index (χ0n) is 13.5. The van der Waals surface area contributed by atoms with Crippen LogP contribution in [0.1, 0.15) is 25.7 Å². The van der Waals surface area contributed by atoms with Crippen LogP contribution in [0.15, 0.2) is 24.3 Å². The maximum Gasteiger partial charge on any atom is 0.119 e. The van der Waals surface area contributed by atoms with Crippen molar-refractivity contribution in [3.05, 3.63) is 24.3 Å². The topological polar surface area (TPSA) is 30.9 Å². The Hall–Kier alpha value is -1.26. The molecule has 4 nitrogen and oxygen atoms in total. The van der Waals surface area contributed by atoms with Crippen LogP contribution in [0.4, 0.5) is 0 Å². The Labute approximate surface area is 133 Å². The highest BCUT2D eigenvalue weighted by Crippen LogP contribution is 2.24. The summed E-state index contributed by atoms with van der Waals surface area (Å²) in [4.78, 5) is 2.61. The van der Waals surface area contributed by atoms with E-state index in [4.69, 9.17) is 14.2 Å². The number of nitrogens with zero attached hydrogens (tertiary/aromatic N) is 1. The predicted molar refractivity (Wildman–Crippen MR) is 86.6 cm³/mol. The number of benzene rings is 1. The van der Waals surface area contributed by atoms with Gasteiger partial charge < -0.3 is 14.2 Å². The second-order valence-corrected chi connectivity index (χ2v) is 6.34. The molecule has 0 N–H and O–H groups in total. The second-order valence-electron chi connectivity index (χ2n) is 6.34. The minimum absolute atomic E-state index is 0.650. The molecule has 0 amide bonds. The molecule has 0 spiro atoms. The van der Waals surface area contributed by atoms with E-state index in [2.05, 4.69) is 4.90 Å². The Morgan fingerprint density at radius 2 is 1.82 bits per heavy atom. The minimum Gasteiger partial charge on any atom is -0.497 e. The van der Waals surface area contributed by atoms with Gasteiger partial charge in [-0.05, 0) is 69.0 Å². The standard InChI is InChI=1S/C18H27NO3/c1-20-17-4-6-18(7-5-17)22-13-15-8-10-19(11-9-15)16-3-2-12-21-14-16/h4-7,15-16H,2-3,8-14H2,1H3/t16-/m0/s1. The summed E-state index contributed by atoms with van der Waals surface area (Å²) in [5.74, 6) is 2.47. The maximum atomic E-state index is 5.93. The summed E-state index contributed by atoms with van der Waals surface area (Å²) in [6.07, 6.45) is 4.97. The number of ether oxygens (including phenoxy) is 3. The molecule has 0 unspecified atom stereocenters. The maximum absolute atomic E-state index is 5.93. The first-order chi connectivity index (χ1) is 10.8. The average Bonchev–Trinajstić information content (AvgIpc) is 2.61. The largest absolute Gasteiger partial charge is 0.497 e. The summed E-state index contributed by atoms with van der Waals surface area (Å²) >= 11 is 0. The molecule has 1 aromatic carbocycles. The molecule has 122 valence electrons. The van der Waals surface area contributed by atoms with E-state index >= 15 is 0 Å². The van der Waals surface area contributed by atoms with E-state index in [0.29, 0.717) is 12.0 Å². The van der Waals surface area contributed by atoms with Crippen LogP contribution in [0, 0.1) is 5.92 Å². The third kappa shape index (κ3) is 4.14. The lowest BCUT2D eigenvalue weighted by atomic mass is 9.95. The number of hydrogen-bond acceptors (Lipinski definition) is 4. The fourth-order valence-electron chi connectivity index (χ4n) is 3.38. The molecular weight excluding hydrogens is 278 g/mol. The molecule has 0 radical (unpaired) electrons. The van der Waals surface area contributed by atoms with Gasteiger partial charge in [0.25, 0.3) is 0 Å². The average molecular weight is 305 g/mol. The number of hydrogen-bond donors (Lipinski definition) is 0. The van der Waals surface area contributed by atoms with Gasteiger partial charge in [0, 0.05) is 12.6 Å². The Balaban J connectivity index is 1.39. The first-order valence-corrected chi connectivity index (χ1v) is 8.44. The molecule has 4 heteroatoms. The smallest absolute Gasteiger partial charge is 0.119 e. The molecule has 2 aliphatic heterocycles. The van der Waals surface area contributed by atoms with Gasteiger partial charge in [0.1, 0.15) is 11.5 Å². The molecule has 0 aliphatic carbocycles. The van der Waals surface area contributed by atoms with Crippen molar-refractivity contribution in [3.63, 3.8) is 0 Å². The predicted octanol–water partition coefficient (Wildman–Crippen LogP) is 2.97. The van der Waals surface area contributed by atoms with E-state index in [1.807, 2.05) is 24.3 Å². The molecule has 2 aliphatic rings. The van der Waals surface area contributed by atoms with Gasteiger partial charge in [-0.15, -0.1) is 0 Å². The van der Waals surface area contributed by atoms with Crippen molar-refractivity contribution in [1.29, 1.82) is 0 Å². The lowest BCUT2D eigenvalue weighted by Gasteiger charge is -2.39. The number of methoxy groups -OCH3 is 1. The van der Waals surface area contributed by atoms with E-state index in [0.717, 1.165) is 31.3 Å². The molecular formula is C18H27NO3. The zero-order chi connectivity index (χ0) is 15.2. The van der Waals surface area contributed by atoms with Crippen LogP contribution in [0.3, 0.4) is 0 Å². The van der Waals surface area contributed by atoms with E-state index in [1.54, 1.807) is 7.11 Å². The van der Waals surface area contributed by atoms with Crippen molar-refractivity contribution in [1.82, 2.24) is 4.90 Å². The molecule has 22 heavy (non-hydrogen) atoms. The van der Waals surface area contributed by atoms with E-state index in [1.165, 1.54) is 38.8 Å². The fraction of sp³-hybridized carbons (Fsp3) is 0.667. The van der Waals surface area contributed by atoms with Crippen LogP contribution in [0.25, 0.3) is 0 Å². The monoisotopic (exact) mass is 305 g/mol. The van der Waals surface area contributed by atoms with Crippen LogP contribution in [-0.4, -0.2) is 51.0 Å². The molecule has 0 bridgehead atoms. The van der Waals surface area contributed by atoms with Crippen molar-refractivity contribution in [2.75, 3.05) is 40.0 Å². The van der Waals surface area contributed by atoms with Crippen LogP contribution < -0.4 is 9.47 Å². The molecule has 1 atom stereocenters. The van der Waals surface area contributed by atoms with Crippen LogP contribution >= 0.6 is 0 Å². The summed E-state index contributed by atoms with van der Waals surface area (Å²) in [5, 5.41) is 0. The van der Waals surface area contributed by atoms with Crippen molar-refractivity contribution >= 4 is 0 Å². The van der Waals surface area contributed by atoms with E-state index in [9.17, 15) is 0 Å². The van der Waals surface area contributed by atoms with E-state index < -0.39 is 0 Å².